The van der Waals surface area contributed by atoms with Gasteiger partial charge < -0.3 is 47.8 Å². The maximum Gasteiger partial charge on any atom is 0.326 e. The average molecular weight is 718 g/mol. The molecule has 14 nitrogen and oxygen atoms in total. The largest absolute Gasteiger partial charge is 0.481 e. The summed E-state index contributed by atoms with van der Waals surface area (Å²) in [5.74, 6) is -4.17. The second kappa shape index (κ2) is 30.4. The molecule has 3 atom stereocenters. The molecule has 0 saturated heterocycles. The fourth-order valence-electron chi connectivity index (χ4n) is 3.43. The van der Waals surface area contributed by atoms with Gasteiger partial charge >= 0.3 is 17.9 Å². The number of aliphatic carboxylic acids is 3. The third kappa shape index (κ3) is 22.6. The number of anilines is 1. The molecule has 3 unspecified atom stereocenters. The van der Waals surface area contributed by atoms with Gasteiger partial charge in [0.05, 0.1) is 17.2 Å². The van der Waals surface area contributed by atoms with E-state index in [1.807, 2.05) is 39.0 Å². The van der Waals surface area contributed by atoms with Gasteiger partial charge in [-0.25, -0.2) is 4.79 Å². The average Bonchev–Trinajstić information content (AvgIpc) is 3.06. The van der Waals surface area contributed by atoms with Crippen LogP contribution in [0.2, 0.25) is 0 Å². The van der Waals surface area contributed by atoms with Crippen molar-refractivity contribution in [1.29, 1.82) is 0 Å². The third-order valence-electron chi connectivity index (χ3n) is 5.70. The molecule has 0 spiro atoms. The second-order valence-corrected chi connectivity index (χ2v) is 10.5. The van der Waals surface area contributed by atoms with E-state index in [-0.39, 0.29) is 31.4 Å². The molecule has 11 N–H and O–H groups in total. The maximum absolute atomic E-state index is 12.2. The van der Waals surface area contributed by atoms with Crippen LogP contribution in [0.4, 0.5) is 5.69 Å². The summed E-state index contributed by atoms with van der Waals surface area (Å²) in [6.07, 6.45) is 7.24. The minimum absolute atomic E-state index is 0.0468. The van der Waals surface area contributed by atoms with E-state index >= 15 is 0 Å². The molecule has 0 aliphatic carbocycles. The molecule has 1 aromatic carbocycles. The molecule has 16 heteroatoms. The minimum atomic E-state index is -1.21. The van der Waals surface area contributed by atoms with Crippen molar-refractivity contribution in [2.75, 3.05) is 31.0 Å². The predicted molar refractivity (Wildman–Crippen MR) is 192 cm³/mol. The highest BCUT2D eigenvalue weighted by atomic mass is 35.5. The van der Waals surface area contributed by atoms with E-state index in [1.54, 1.807) is 30.5 Å². The molecule has 272 valence electrons. The lowest BCUT2D eigenvalue weighted by Gasteiger charge is -2.21. The van der Waals surface area contributed by atoms with Gasteiger partial charge in [-0.1, -0.05) is 56.3 Å². The van der Waals surface area contributed by atoms with Crippen molar-refractivity contribution in [3.63, 3.8) is 0 Å². The number of allylic oxidation sites excluding steroid dienone is 4. The second-order valence-electron chi connectivity index (χ2n) is 9.21. The van der Waals surface area contributed by atoms with Gasteiger partial charge in [0.1, 0.15) is 18.1 Å². The summed E-state index contributed by atoms with van der Waals surface area (Å²) in [4.78, 5) is 56.7. The number of halogens is 1. The number of thioether (sulfide) groups is 1. The van der Waals surface area contributed by atoms with Crippen LogP contribution in [-0.2, 0) is 30.4 Å². The van der Waals surface area contributed by atoms with E-state index in [1.165, 1.54) is 11.8 Å². The number of aliphatic hydroxyl groups excluding tert-OH is 1. The summed E-state index contributed by atoms with van der Waals surface area (Å²) in [6.45, 7) is 9.86. The first-order valence-electron chi connectivity index (χ1n) is 15.0. The Labute approximate surface area is 292 Å². The van der Waals surface area contributed by atoms with E-state index in [2.05, 4.69) is 22.5 Å². The van der Waals surface area contributed by atoms with Gasteiger partial charge in [-0.2, -0.15) is 11.8 Å². The number of benzene rings is 1. The Hall–Kier alpha value is -3.89. The van der Waals surface area contributed by atoms with Crippen LogP contribution in [0.3, 0.4) is 0 Å². The Kier molecular flexibility index (Phi) is 30.8. The fraction of sp³-hybridized carbons (Fsp3) is 0.469. The Morgan fingerprint density at radius 3 is 2.08 bits per heavy atom. The highest BCUT2D eigenvalue weighted by Crippen LogP contribution is 2.21. The molecular formula is C32H52ClN5O9S. The zero-order chi connectivity index (χ0) is 37.7. The van der Waals surface area contributed by atoms with Crippen LogP contribution in [-0.4, -0.2) is 93.9 Å². The van der Waals surface area contributed by atoms with Crippen molar-refractivity contribution in [2.24, 2.45) is 11.5 Å². The van der Waals surface area contributed by atoms with E-state index < -0.39 is 47.8 Å². The van der Waals surface area contributed by atoms with Crippen LogP contribution in [0.25, 0.3) is 0 Å². The summed E-state index contributed by atoms with van der Waals surface area (Å²) in [6, 6.07) is 4.03. The lowest BCUT2D eigenvalue weighted by atomic mass is 10.1. The zero-order valence-electron chi connectivity index (χ0n) is 28.2. The van der Waals surface area contributed by atoms with Gasteiger partial charge in [0.15, 0.2) is 0 Å². The molecular weight excluding hydrogens is 666 g/mol. The molecule has 0 saturated carbocycles. The molecule has 0 heterocycles. The normalized spacial score (nSPS) is 12.4. The topological polar surface area (TPSA) is 254 Å². The number of nitrogens with two attached hydrogens (primary N) is 2. The smallest absolute Gasteiger partial charge is 0.326 e. The van der Waals surface area contributed by atoms with Crippen molar-refractivity contribution < 1.29 is 44.4 Å². The lowest BCUT2D eigenvalue weighted by molar-refractivity contribution is -0.142. The number of nitrogens with one attached hydrogen (secondary N) is 3. The van der Waals surface area contributed by atoms with Gasteiger partial charge in [-0.15, -0.1) is 0 Å². The summed E-state index contributed by atoms with van der Waals surface area (Å²) in [7, 11) is 1.00. The molecule has 0 fully saturated rings. The lowest BCUT2D eigenvalue weighted by Crippen LogP contribution is -2.52. The van der Waals surface area contributed by atoms with Crippen molar-refractivity contribution in [3.05, 3.63) is 65.4 Å². The fourth-order valence-corrected chi connectivity index (χ4v) is 4.24. The number of rotatable bonds is 19. The highest BCUT2D eigenvalue weighted by molar-refractivity contribution is 7.98. The van der Waals surface area contributed by atoms with Gasteiger partial charge in [-0.3, -0.25) is 19.2 Å². The van der Waals surface area contributed by atoms with Crippen molar-refractivity contribution in [2.45, 2.75) is 71.0 Å². The van der Waals surface area contributed by atoms with Gasteiger partial charge in [0.25, 0.3) is 0 Å². The van der Waals surface area contributed by atoms with Crippen LogP contribution in [0, 0.1) is 0 Å². The first-order chi connectivity index (χ1) is 22.8. The van der Waals surface area contributed by atoms with Crippen molar-refractivity contribution >= 4 is 58.8 Å². The summed E-state index contributed by atoms with van der Waals surface area (Å²) in [5.41, 5.74) is 12.7. The highest BCUT2D eigenvalue weighted by Gasteiger charge is 2.26. The zero-order valence-corrected chi connectivity index (χ0v) is 29.8. The van der Waals surface area contributed by atoms with Gasteiger partial charge in [-0.05, 0) is 62.8 Å². The maximum atomic E-state index is 12.2. The van der Waals surface area contributed by atoms with Crippen LogP contribution in [0.5, 0.6) is 0 Å². The van der Waals surface area contributed by atoms with E-state index in [9.17, 15) is 24.0 Å². The van der Waals surface area contributed by atoms with Crippen LogP contribution in [0.1, 0.15) is 52.0 Å². The van der Waals surface area contributed by atoms with Crippen molar-refractivity contribution in [1.82, 2.24) is 10.6 Å². The number of carbonyl (C=O) groups is 5. The monoisotopic (exact) mass is 717 g/mol. The molecule has 0 radical (unpaired) electrons. The Balaban J connectivity index is -0.000000784. The molecule has 48 heavy (non-hydrogen) atoms. The molecule has 0 aliphatic rings. The number of carboxylic acids is 3. The number of carboxylic acid groups (broad SMARTS) is 3. The van der Waals surface area contributed by atoms with Crippen LogP contribution < -0.4 is 27.4 Å². The standard InChI is InChI=1S/C15H16ClNO2.C14H26N4O6S.C2H6.CH4O/c1-3-7-12(16)13(4-2)17-14-9-6-5-8-11(14)10-15(18)19;1-25-7-10(17-11(19)5-4-8(16)13(21)22)12(20)18-9(14(23)24)3-2-6-15;2*1-2/h3-9,17H,2,10H2,1H3,(H,18,19);8-10H,2-7,15-16H2,1H3,(H,17,19)(H,18,20)(H,21,22)(H,23,24);1-2H3;2H,1H3/b7-3-,13-12-;;;. The van der Waals surface area contributed by atoms with E-state index in [0.29, 0.717) is 34.9 Å². The minimum Gasteiger partial charge on any atom is -0.481 e. The SMILES string of the molecule is C=C/C(Nc1ccccc1CC(=O)O)=C(Cl)\C=C/C.CC.CO.CSCC(NC(=O)CCC(N)C(=O)O)C(=O)NC(CCCN)C(=O)O. The van der Waals surface area contributed by atoms with Gasteiger partial charge in [0, 0.05) is 25.0 Å². The number of para-hydroxylation sites is 1. The Bertz CT molecular complexity index is 1200. The molecule has 0 aliphatic heterocycles. The first kappa shape index (κ1) is 48.5. The van der Waals surface area contributed by atoms with E-state index in [4.69, 9.17) is 43.5 Å². The Morgan fingerprint density at radius 2 is 1.60 bits per heavy atom. The van der Waals surface area contributed by atoms with Gasteiger partial charge in [0.2, 0.25) is 11.8 Å². The number of hydrogen-bond acceptors (Lipinski definition) is 10. The number of aliphatic hydroxyl groups is 1. The summed E-state index contributed by atoms with van der Waals surface area (Å²) >= 11 is 7.40. The van der Waals surface area contributed by atoms with E-state index in [0.717, 1.165) is 7.11 Å². The van der Waals surface area contributed by atoms with Crippen molar-refractivity contribution in [3.8, 4) is 0 Å². The first-order valence-corrected chi connectivity index (χ1v) is 16.7. The quantitative estimate of drug-likeness (QED) is 0.0935. The molecule has 1 rings (SSSR count). The third-order valence-corrected chi connectivity index (χ3v) is 6.70. The summed E-state index contributed by atoms with van der Waals surface area (Å²) < 4.78 is 0. The van der Waals surface area contributed by atoms with Crippen LogP contribution in [0.15, 0.2) is 59.8 Å². The molecule has 0 bridgehead atoms. The number of hydrogen-bond donors (Lipinski definition) is 9. The van der Waals surface area contributed by atoms with Crippen LogP contribution >= 0.6 is 23.4 Å². The molecule has 2 amide bonds. The predicted octanol–water partition coefficient (Wildman–Crippen LogP) is 2.91. The molecule has 1 aromatic rings. The molecule has 0 aromatic heterocycles. The number of carbonyl (C=O) groups excluding carboxylic acids is 2. The summed E-state index contributed by atoms with van der Waals surface area (Å²) in [5, 5.41) is 42.2. The Morgan fingerprint density at radius 1 is 1.00 bits per heavy atom. The number of amides is 2.